The van der Waals surface area contributed by atoms with Gasteiger partial charge in [-0.2, -0.15) is 0 Å². The van der Waals surface area contributed by atoms with E-state index in [0.29, 0.717) is 11.7 Å². The lowest BCUT2D eigenvalue weighted by Gasteiger charge is -2.09. The zero-order chi connectivity index (χ0) is 17.8. The number of amides is 1. The molecule has 0 saturated heterocycles. The first-order chi connectivity index (χ1) is 12.0. The van der Waals surface area contributed by atoms with Crippen molar-refractivity contribution in [2.75, 3.05) is 18.5 Å². The highest BCUT2D eigenvalue weighted by Crippen LogP contribution is 2.29. The molecule has 0 saturated carbocycles. The van der Waals surface area contributed by atoms with Gasteiger partial charge in [-0.25, -0.2) is 4.98 Å². The third-order valence-electron chi connectivity index (χ3n) is 3.62. The number of carbonyl (C=O) groups excluding carboxylic acids is 1. The van der Waals surface area contributed by atoms with Crippen LogP contribution in [0.5, 0.6) is 11.5 Å². The lowest BCUT2D eigenvalue weighted by molar-refractivity contribution is -0.118. The topological polar surface area (TPSA) is 60.5 Å². The van der Waals surface area contributed by atoms with Crippen LogP contribution in [0.15, 0.2) is 36.4 Å². The molecule has 1 aromatic heterocycles. The first-order valence-corrected chi connectivity index (χ1v) is 8.90. The molecule has 0 spiro atoms. The van der Waals surface area contributed by atoms with Gasteiger partial charge in [-0.15, -0.1) is 0 Å². The summed E-state index contributed by atoms with van der Waals surface area (Å²) in [5.74, 6) is 1.29. The van der Waals surface area contributed by atoms with Gasteiger partial charge in [0.05, 0.1) is 16.8 Å². The van der Waals surface area contributed by atoms with Crippen LogP contribution < -0.4 is 14.8 Å². The molecule has 1 amide bonds. The fraction of sp³-hybridized carbons (Fsp3) is 0.263. The standard InChI is InChI=1S/C19H20N2O3S/c1-4-23-14-7-8-15-17(10-14)25-19(20-15)21-18(22)11-24-16-9-12(2)5-6-13(16)3/h5-10H,4,11H2,1-3H3,(H,20,21,22). The van der Waals surface area contributed by atoms with Crippen LogP contribution in [0.4, 0.5) is 5.13 Å². The second-order valence-electron chi connectivity index (χ2n) is 5.69. The highest BCUT2D eigenvalue weighted by atomic mass is 32.1. The molecule has 0 atom stereocenters. The largest absolute Gasteiger partial charge is 0.494 e. The van der Waals surface area contributed by atoms with Crippen molar-refractivity contribution in [3.8, 4) is 11.5 Å². The van der Waals surface area contributed by atoms with Gasteiger partial charge in [0.25, 0.3) is 5.91 Å². The van der Waals surface area contributed by atoms with E-state index in [0.717, 1.165) is 32.8 Å². The van der Waals surface area contributed by atoms with E-state index in [1.54, 1.807) is 0 Å². The van der Waals surface area contributed by atoms with E-state index in [1.165, 1.54) is 11.3 Å². The summed E-state index contributed by atoms with van der Waals surface area (Å²) in [5.41, 5.74) is 2.93. The molecule has 3 rings (SSSR count). The van der Waals surface area contributed by atoms with Gasteiger partial charge in [0.1, 0.15) is 11.5 Å². The maximum Gasteiger partial charge on any atom is 0.264 e. The van der Waals surface area contributed by atoms with Gasteiger partial charge in [0, 0.05) is 0 Å². The number of thiazole rings is 1. The molecule has 6 heteroatoms. The smallest absolute Gasteiger partial charge is 0.264 e. The summed E-state index contributed by atoms with van der Waals surface area (Å²) in [6.45, 7) is 6.45. The molecule has 0 aliphatic heterocycles. The Labute approximate surface area is 150 Å². The molecule has 0 unspecified atom stereocenters. The van der Waals surface area contributed by atoms with Crippen LogP contribution in [0.25, 0.3) is 10.2 Å². The van der Waals surface area contributed by atoms with Crippen molar-refractivity contribution in [3.63, 3.8) is 0 Å². The monoisotopic (exact) mass is 356 g/mol. The predicted molar refractivity (Wildman–Crippen MR) is 101 cm³/mol. The van der Waals surface area contributed by atoms with Crippen LogP contribution in [0.3, 0.4) is 0 Å². The molecule has 0 aliphatic rings. The number of aryl methyl sites for hydroxylation is 2. The summed E-state index contributed by atoms with van der Waals surface area (Å²) in [6, 6.07) is 11.6. The lowest BCUT2D eigenvalue weighted by atomic mass is 10.1. The summed E-state index contributed by atoms with van der Waals surface area (Å²) < 4.78 is 12.1. The van der Waals surface area contributed by atoms with Gasteiger partial charge < -0.3 is 9.47 Å². The van der Waals surface area contributed by atoms with Crippen LogP contribution in [-0.2, 0) is 4.79 Å². The van der Waals surface area contributed by atoms with Gasteiger partial charge in [-0.1, -0.05) is 23.5 Å². The van der Waals surface area contributed by atoms with E-state index in [-0.39, 0.29) is 12.5 Å². The molecule has 1 heterocycles. The summed E-state index contributed by atoms with van der Waals surface area (Å²) in [4.78, 5) is 16.6. The van der Waals surface area contributed by atoms with Crippen LogP contribution in [-0.4, -0.2) is 24.1 Å². The molecular formula is C19H20N2O3S. The van der Waals surface area contributed by atoms with Gasteiger partial charge in [-0.3, -0.25) is 10.1 Å². The first kappa shape index (κ1) is 17.2. The molecule has 2 aromatic carbocycles. The average molecular weight is 356 g/mol. The minimum atomic E-state index is -0.231. The van der Waals surface area contributed by atoms with E-state index in [2.05, 4.69) is 10.3 Å². The van der Waals surface area contributed by atoms with E-state index in [9.17, 15) is 4.79 Å². The Bertz CT molecular complexity index is 905. The number of nitrogens with zero attached hydrogens (tertiary/aromatic N) is 1. The first-order valence-electron chi connectivity index (χ1n) is 8.08. The molecule has 0 bridgehead atoms. The Morgan fingerprint density at radius 3 is 2.80 bits per heavy atom. The number of fused-ring (bicyclic) bond motifs is 1. The SMILES string of the molecule is CCOc1ccc2nc(NC(=O)COc3cc(C)ccc3C)sc2c1. The Balaban J connectivity index is 1.64. The van der Waals surface area contributed by atoms with Crippen LogP contribution in [0.1, 0.15) is 18.1 Å². The number of carbonyl (C=O) groups is 1. The maximum atomic E-state index is 12.1. The highest BCUT2D eigenvalue weighted by Gasteiger charge is 2.10. The molecule has 0 aliphatic carbocycles. The number of ether oxygens (including phenoxy) is 2. The van der Waals surface area contributed by atoms with Crippen molar-refractivity contribution in [1.82, 2.24) is 4.98 Å². The Morgan fingerprint density at radius 1 is 1.16 bits per heavy atom. The van der Waals surface area contributed by atoms with E-state index < -0.39 is 0 Å². The third-order valence-corrected chi connectivity index (χ3v) is 4.55. The van der Waals surface area contributed by atoms with E-state index in [1.807, 2.05) is 57.2 Å². The van der Waals surface area contributed by atoms with Crippen molar-refractivity contribution in [2.45, 2.75) is 20.8 Å². The van der Waals surface area contributed by atoms with Crippen molar-refractivity contribution in [1.29, 1.82) is 0 Å². The number of rotatable bonds is 6. The Morgan fingerprint density at radius 2 is 2.00 bits per heavy atom. The van der Waals surface area contributed by atoms with Crippen molar-refractivity contribution in [3.05, 3.63) is 47.5 Å². The molecule has 0 radical (unpaired) electrons. The number of aromatic nitrogens is 1. The third kappa shape index (κ3) is 4.28. The quantitative estimate of drug-likeness (QED) is 0.714. The second-order valence-corrected chi connectivity index (χ2v) is 6.72. The minimum Gasteiger partial charge on any atom is -0.494 e. The molecule has 25 heavy (non-hydrogen) atoms. The Hall–Kier alpha value is -2.60. The number of nitrogens with one attached hydrogen (secondary N) is 1. The normalized spacial score (nSPS) is 10.7. The van der Waals surface area contributed by atoms with Gasteiger partial charge in [0.2, 0.25) is 0 Å². The molecule has 0 fully saturated rings. The van der Waals surface area contributed by atoms with Gasteiger partial charge in [0.15, 0.2) is 11.7 Å². The van der Waals surface area contributed by atoms with Gasteiger partial charge >= 0.3 is 0 Å². The van der Waals surface area contributed by atoms with E-state index >= 15 is 0 Å². The predicted octanol–water partition coefficient (Wildman–Crippen LogP) is 4.33. The fourth-order valence-electron chi connectivity index (χ4n) is 2.38. The molecule has 3 aromatic rings. The molecule has 5 nitrogen and oxygen atoms in total. The van der Waals surface area contributed by atoms with Crippen LogP contribution in [0.2, 0.25) is 0 Å². The summed E-state index contributed by atoms with van der Waals surface area (Å²) in [5, 5.41) is 3.34. The zero-order valence-corrected chi connectivity index (χ0v) is 15.3. The van der Waals surface area contributed by atoms with Gasteiger partial charge in [-0.05, 0) is 56.2 Å². The van der Waals surface area contributed by atoms with Crippen LogP contribution >= 0.6 is 11.3 Å². The van der Waals surface area contributed by atoms with Crippen LogP contribution in [0, 0.1) is 13.8 Å². The molecule has 1 N–H and O–H groups in total. The van der Waals surface area contributed by atoms with Crippen molar-refractivity contribution >= 4 is 32.6 Å². The fourth-order valence-corrected chi connectivity index (χ4v) is 3.29. The minimum absolute atomic E-state index is 0.0512. The number of benzene rings is 2. The molecule has 130 valence electrons. The number of hydrogen-bond acceptors (Lipinski definition) is 5. The second kappa shape index (κ2) is 7.53. The average Bonchev–Trinajstić information content (AvgIpc) is 2.97. The lowest BCUT2D eigenvalue weighted by Crippen LogP contribution is -2.20. The Kier molecular flexibility index (Phi) is 5.19. The summed E-state index contributed by atoms with van der Waals surface area (Å²) >= 11 is 1.41. The summed E-state index contributed by atoms with van der Waals surface area (Å²) in [7, 11) is 0. The van der Waals surface area contributed by atoms with Crippen molar-refractivity contribution in [2.24, 2.45) is 0 Å². The zero-order valence-electron chi connectivity index (χ0n) is 14.5. The highest BCUT2D eigenvalue weighted by molar-refractivity contribution is 7.22. The van der Waals surface area contributed by atoms with Crippen molar-refractivity contribution < 1.29 is 14.3 Å². The number of hydrogen-bond donors (Lipinski definition) is 1. The maximum absolute atomic E-state index is 12.1. The number of anilines is 1. The summed E-state index contributed by atoms with van der Waals surface area (Å²) in [6.07, 6.45) is 0. The van der Waals surface area contributed by atoms with E-state index in [4.69, 9.17) is 9.47 Å². The molecular weight excluding hydrogens is 336 g/mol.